The fraction of sp³-hybridized carbons (Fsp3) is 0.586. The molecule has 1 aromatic carbocycles. The van der Waals surface area contributed by atoms with Gasteiger partial charge in [-0.3, -0.25) is 5.32 Å². The van der Waals surface area contributed by atoms with E-state index in [4.69, 9.17) is 25.5 Å². The summed E-state index contributed by atoms with van der Waals surface area (Å²) in [5.41, 5.74) is 9.60. The first-order chi connectivity index (χ1) is 19.5. The summed E-state index contributed by atoms with van der Waals surface area (Å²) in [6.07, 6.45) is 12.0. The molecule has 11 nitrogen and oxygen atoms in total. The highest BCUT2D eigenvalue weighted by molar-refractivity contribution is 5.86. The Morgan fingerprint density at radius 1 is 0.929 bits per heavy atom. The zero-order valence-corrected chi connectivity index (χ0v) is 25.8. The number of nitrogens with two attached hydrogens (primary N) is 1. The van der Waals surface area contributed by atoms with Gasteiger partial charge >= 0.3 is 6.09 Å². The lowest BCUT2D eigenvalue weighted by molar-refractivity contribution is -0.107. The summed E-state index contributed by atoms with van der Waals surface area (Å²) in [7, 11) is 0. The monoisotopic (exact) mass is 619 g/mol. The van der Waals surface area contributed by atoms with Gasteiger partial charge in [-0.1, -0.05) is 31.0 Å². The number of hydrogen-bond acceptors (Lipinski definition) is 9. The fourth-order valence-corrected chi connectivity index (χ4v) is 6.23. The van der Waals surface area contributed by atoms with Gasteiger partial charge < -0.3 is 25.8 Å². The standard InChI is InChI=1S/C29H41N9O2.2ClH/c1-19-6-2-5-9-24(19)34-29(39)40-37-16-14-22(15-17-37)32-26-25-27(38(18-31-25)23-7-3-4-8-23)36-28(35-26)33-21-12-10-20(30)11-13-21;;/h2,5-6,9,18,20-23H,3-4,7-8,10-17,30H2,1H3,(H,34,39)(H2,32,33,35,36);2*1H. The average Bonchev–Trinajstić information content (AvgIpc) is 3.63. The summed E-state index contributed by atoms with van der Waals surface area (Å²) < 4.78 is 2.25. The predicted molar refractivity (Wildman–Crippen MR) is 171 cm³/mol. The highest BCUT2D eigenvalue weighted by Gasteiger charge is 2.27. The number of halogens is 2. The van der Waals surface area contributed by atoms with Crippen molar-refractivity contribution >= 4 is 59.5 Å². The number of benzene rings is 1. The smallest absolute Gasteiger partial charge is 0.365 e. The van der Waals surface area contributed by atoms with Crippen molar-refractivity contribution < 1.29 is 9.63 Å². The van der Waals surface area contributed by atoms with Crippen LogP contribution >= 0.6 is 24.8 Å². The highest BCUT2D eigenvalue weighted by Crippen LogP contribution is 2.34. The summed E-state index contributed by atoms with van der Waals surface area (Å²) in [5.74, 6) is 1.43. The Labute approximate surface area is 259 Å². The highest BCUT2D eigenvalue weighted by atomic mass is 35.5. The molecule has 1 saturated heterocycles. The molecule has 13 heteroatoms. The summed E-state index contributed by atoms with van der Waals surface area (Å²) in [4.78, 5) is 32.7. The van der Waals surface area contributed by atoms with Gasteiger partial charge in [-0.25, -0.2) is 9.78 Å². The summed E-state index contributed by atoms with van der Waals surface area (Å²) in [6, 6.07) is 8.93. The van der Waals surface area contributed by atoms with Crippen LogP contribution < -0.4 is 21.7 Å². The van der Waals surface area contributed by atoms with E-state index in [2.05, 4.69) is 20.5 Å². The van der Waals surface area contributed by atoms with E-state index in [1.807, 2.05) is 37.5 Å². The molecule has 3 fully saturated rings. The number of hydroxylamine groups is 2. The number of para-hydroxylation sites is 1. The number of carbonyl (C=O) groups excluding carboxylic acids is 1. The van der Waals surface area contributed by atoms with Gasteiger partial charge in [-0.2, -0.15) is 9.97 Å². The molecule has 0 spiro atoms. The van der Waals surface area contributed by atoms with E-state index >= 15 is 0 Å². The minimum atomic E-state index is -0.463. The SMILES string of the molecule is Cc1ccccc1NC(=O)ON1CCC(Nc2nc(NC3CCC(N)CC3)nc3c2ncn3C2CCCC2)CC1.Cl.Cl. The zero-order valence-electron chi connectivity index (χ0n) is 24.1. The van der Waals surface area contributed by atoms with Crippen LogP contribution in [-0.4, -0.2) is 61.9 Å². The number of aryl methyl sites for hydroxylation is 1. The van der Waals surface area contributed by atoms with Crippen molar-refractivity contribution in [1.82, 2.24) is 24.6 Å². The van der Waals surface area contributed by atoms with E-state index < -0.39 is 6.09 Å². The van der Waals surface area contributed by atoms with Crippen LogP contribution in [0.3, 0.4) is 0 Å². The Bertz CT molecular complexity index is 1320. The van der Waals surface area contributed by atoms with Gasteiger partial charge in [0.05, 0.1) is 6.33 Å². The normalized spacial score (nSPS) is 21.8. The largest absolute Gasteiger partial charge is 0.430 e. The summed E-state index contributed by atoms with van der Waals surface area (Å²) in [6.45, 7) is 3.23. The molecule has 2 aromatic heterocycles. The maximum atomic E-state index is 12.5. The zero-order chi connectivity index (χ0) is 27.5. The van der Waals surface area contributed by atoms with E-state index in [0.717, 1.165) is 79.6 Å². The number of hydrogen-bond donors (Lipinski definition) is 4. The second-order valence-electron chi connectivity index (χ2n) is 11.6. The molecule has 6 rings (SSSR count). The Kier molecular flexibility index (Phi) is 11.1. The molecule has 3 heterocycles. The van der Waals surface area contributed by atoms with Gasteiger partial charge in [-0.05, 0) is 69.9 Å². The lowest BCUT2D eigenvalue weighted by atomic mass is 9.92. The topological polar surface area (TPSA) is 135 Å². The van der Waals surface area contributed by atoms with Crippen LogP contribution in [0.25, 0.3) is 11.2 Å². The van der Waals surface area contributed by atoms with Gasteiger partial charge in [0.25, 0.3) is 0 Å². The number of anilines is 3. The average molecular weight is 621 g/mol. The molecule has 0 unspecified atom stereocenters. The third kappa shape index (κ3) is 7.55. The molecule has 2 aliphatic carbocycles. The molecule has 230 valence electrons. The van der Waals surface area contributed by atoms with Crippen LogP contribution in [0.1, 0.15) is 75.8 Å². The van der Waals surface area contributed by atoms with Gasteiger partial charge in [0, 0.05) is 42.9 Å². The molecule has 0 radical (unpaired) electrons. The first-order valence-electron chi connectivity index (χ1n) is 14.8. The van der Waals surface area contributed by atoms with Gasteiger partial charge in [0.15, 0.2) is 17.0 Å². The fourth-order valence-electron chi connectivity index (χ4n) is 6.23. The van der Waals surface area contributed by atoms with Crippen molar-refractivity contribution in [3.63, 3.8) is 0 Å². The maximum absolute atomic E-state index is 12.5. The molecular formula is C29H43Cl2N9O2. The lowest BCUT2D eigenvalue weighted by Gasteiger charge is -2.31. The lowest BCUT2D eigenvalue weighted by Crippen LogP contribution is -2.41. The van der Waals surface area contributed by atoms with Crippen molar-refractivity contribution in [2.45, 2.75) is 95.3 Å². The second-order valence-corrected chi connectivity index (χ2v) is 11.6. The number of nitrogens with zero attached hydrogens (tertiary/aromatic N) is 5. The van der Waals surface area contributed by atoms with E-state index in [0.29, 0.717) is 37.2 Å². The Morgan fingerprint density at radius 3 is 2.33 bits per heavy atom. The predicted octanol–water partition coefficient (Wildman–Crippen LogP) is 5.82. The van der Waals surface area contributed by atoms with Crippen LogP contribution in [-0.2, 0) is 4.84 Å². The summed E-state index contributed by atoms with van der Waals surface area (Å²) in [5, 5.41) is 11.8. The molecule has 0 bridgehead atoms. The quantitative estimate of drug-likeness (QED) is 0.258. The number of fused-ring (bicyclic) bond motifs is 1. The third-order valence-electron chi connectivity index (χ3n) is 8.63. The molecule has 3 aromatic rings. The van der Waals surface area contributed by atoms with E-state index in [1.165, 1.54) is 12.8 Å². The molecule has 3 aliphatic rings. The van der Waals surface area contributed by atoms with Crippen molar-refractivity contribution in [2.75, 3.05) is 29.0 Å². The number of piperidine rings is 1. The molecule has 2 saturated carbocycles. The molecule has 1 aliphatic heterocycles. The Morgan fingerprint density at radius 2 is 1.62 bits per heavy atom. The number of carbonyl (C=O) groups is 1. The molecule has 0 atom stereocenters. The van der Waals surface area contributed by atoms with Crippen LogP contribution in [0.5, 0.6) is 0 Å². The second kappa shape index (κ2) is 14.5. The van der Waals surface area contributed by atoms with Crippen molar-refractivity contribution in [1.29, 1.82) is 0 Å². The molecule has 42 heavy (non-hydrogen) atoms. The van der Waals surface area contributed by atoms with Crippen LogP contribution in [0.4, 0.5) is 22.2 Å². The number of imidazole rings is 1. The Hall–Kier alpha value is -2.86. The summed E-state index contributed by atoms with van der Waals surface area (Å²) >= 11 is 0. The number of aromatic nitrogens is 4. The number of rotatable bonds is 7. The molecule has 5 N–H and O–H groups in total. The minimum absolute atomic E-state index is 0. The maximum Gasteiger partial charge on any atom is 0.430 e. The molecule has 1 amide bonds. The van der Waals surface area contributed by atoms with Crippen molar-refractivity contribution in [3.05, 3.63) is 36.2 Å². The minimum Gasteiger partial charge on any atom is -0.365 e. The third-order valence-corrected chi connectivity index (χ3v) is 8.63. The van der Waals surface area contributed by atoms with Crippen LogP contribution in [0, 0.1) is 6.92 Å². The van der Waals surface area contributed by atoms with E-state index in [-0.39, 0.29) is 30.9 Å². The van der Waals surface area contributed by atoms with Crippen LogP contribution in [0.2, 0.25) is 0 Å². The van der Waals surface area contributed by atoms with Crippen molar-refractivity contribution in [2.24, 2.45) is 5.73 Å². The molecular weight excluding hydrogens is 577 g/mol. The van der Waals surface area contributed by atoms with Crippen LogP contribution in [0.15, 0.2) is 30.6 Å². The first-order valence-corrected chi connectivity index (χ1v) is 14.8. The van der Waals surface area contributed by atoms with E-state index in [1.54, 1.807) is 5.06 Å². The van der Waals surface area contributed by atoms with E-state index in [9.17, 15) is 4.79 Å². The number of amides is 1. The van der Waals surface area contributed by atoms with Gasteiger partial charge in [-0.15, -0.1) is 29.9 Å². The Balaban J connectivity index is 0.00000202. The van der Waals surface area contributed by atoms with Gasteiger partial charge in [0.2, 0.25) is 5.95 Å². The van der Waals surface area contributed by atoms with Gasteiger partial charge in [0.1, 0.15) is 0 Å². The first kappa shape index (κ1) is 32.1. The number of nitrogens with one attached hydrogen (secondary N) is 3. The van der Waals surface area contributed by atoms with Crippen molar-refractivity contribution in [3.8, 4) is 0 Å².